The van der Waals surface area contributed by atoms with E-state index >= 15 is 0 Å². The normalized spacial score (nSPS) is 14.8. The lowest BCUT2D eigenvalue weighted by atomic mass is 9.99. The molecule has 0 saturated carbocycles. The Morgan fingerprint density at radius 3 is 2.94 bits per heavy atom. The zero-order valence-corrected chi connectivity index (χ0v) is 10.9. The van der Waals surface area contributed by atoms with Gasteiger partial charge in [0, 0.05) is 25.3 Å². The molecule has 2 nitrogen and oxygen atoms in total. The van der Waals surface area contributed by atoms with Gasteiger partial charge in [0.15, 0.2) is 0 Å². The summed E-state index contributed by atoms with van der Waals surface area (Å²) in [4.78, 5) is 2.55. The molecule has 1 heterocycles. The standard InChI is InChI=1S/C15H24N2/c1-2-3-4-9-17-10-5-6-14-11-13(12-16)7-8-15(14)17/h7-8,11H,2-6,9-10,12,16H2,1H3. The molecule has 94 valence electrons. The summed E-state index contributed by atoms with van der Waals surface area (Å²) < 4.78 is 0. The zero-order chi connectivity index (χ0) is 12.1. The smallest absolute Gasteiger partial charge is 0.0398 e. The molecule has 0 atom stereocenters. The molecule has 0 amide bonds. The minimum absolute atomic E-state index is 0.656. The molecule has 0 saturated heterocycles. The predicted molar refractivity (Wildman–Crippen MR) is 74.4 cm³/mol. The molecule has 2 N–H and O–H groups in total. The molecule has 2 heteroatoms. The van der Waals surface area contributed by atoms with Gasteiger partial charge in [-0.25, -0.2) is 0 Å². The maximum Gasteiger partial charge on any atom is 0.0398 e. The van der Waals surface area contributed by atoms with Crippen LogP contribution in [-0.4, -0.2) is 13.1 Å². The molecule has 1 aliphatic rings. The molecule has 0 radical (unpaired) electrons. The van der Waals surface area contributed by atoms with E-state index in [9.17, 15) is 0 Å². The third kappa shape index (κ3) is 3.01. The Morgan fingerprint density at radius 1 is 1.29 bits per heavy atom. The van der Waals surface area contributed by atoms with Crippen LogP contribution in [0.2, 0.25) is 0 Å². The van der Waals surface area contributed by atoms with Crippen molar-refractivity contribution in [2.24, 2.45) is 5.73 Å². The van der Waals surface area contributed by atoms with Crippen molar-refractivity contribution in [1.29, 1.82) is 0 Å². The number of benzene rings is 1. The van der Waals surface area contributed by atoms with Crippen LogP contribution in [-0.2, 0) is 13.0 Å². The second-order valence-electron chi connectivity index (χ2n) is 4.96. The molecule has 17 heavy (non-hydrogen) atoms. The second kappa shape index (κ2) is 6.06. The lowest BCUT2D eigenvalue weighted by Crippen LogP contribution is -2.30. The Labute approximate surface area is 105 Å². The summed E-state index contributed by atoms with van der Waals surface area (Å²) in [6, 6.07) is 6.74. The molecule has 0 bridgehead atoms. The van der Waals surface area contributed by atoms with Crippen molar-refractivity contribution in [2.75, 3.05) is 18.0 Å². The monoisotopic (exact) mass is 232 g/mol. The number of fused-ring (bicyclic) bond motifs is 1. The number of hydrogen-bond donors (Lipinski definition) is 1. The van der Waals surface area contributed by atoms with Gasteiger partial charge in [-0.05, 0) is 36.5 Å². The Morgan fingerprint density at radius 2 is 2.18 bits per heavy atom. The fourth-order valence-corrected chi connectivity index (χ4v) is 2.64. The van der Waals surface area contributed by atoms with Crippen LogP contribution in [0.4, 0.5) is 5.69 Å². The SMILES string of the molecule is CCCCCN1CCCc2cc(CN)ccc21. The van der Waals surface area contributed by atoms with Crippen LogP contribution in [0.5, 0.6) is 0 Å². The van der Waals surface area contributed by atoms with E-state index in [1.54, 1.807) is 0 Å². The first-order valence-electron chi connectivity index (χ1n) is 6.92. The number of nitrogens with two attached hydrogens (primary N) is 1. The van der Waals surface area contributed by atoms with E-state index in [1.165, 1.54) is 62.0 Å². The molecule has 1 aromatic carbocycles. The first kappa shape index (κ1) is 12.4. The van der Waals surface area contributed by atoms with Gasteiger partial charge < -0.3 is 10.6 Å². The van der Waals surface area contributed by atoms with E-state index in [0.29, 0.717) is 6.54 Å². The number of nitrogens with zero attached hydrogens (tertiary/aromatic N) is 1. The second-order valence-corrected chi connectivity index (χ2v) is 4.96. The van der Waals surface area contributed by atoms with Gasteiger partial charge in [-0.3, -0.25) is 0 Å². The van der Waals surface area contributed by atoms with Crippen molar-refractivity contribution in [2.45, 2.75) is 45.6 Å². The van der Waals surface area contributed by atoms with Crippen molar-refractivity contribution in [3.8, 4) is 0 Å². The van der Waals surface area contributed by atoms with Crippen LogP contribution >= 0.6 is 0 Å². The highest BCUT2D eigenvalue weighted by molar-refractivity contribution is 5.56. The largest absolute Gasteiger partial charge is 0.371 e. The topological polar surface area (TPSA) is 29.3 Å². The lowest BCUT2D eigenvalue weighted by Gasteiger charge is -2.31. The summed E-state index contributed by atoms with van der Waals surface area (Å²) in [5.41, 5.74) is 9.91. The van der Waals surface area contributed by atoms with Gasteiger partial charge in [-0.2, -0.15) is 0 Å². The van der Waals surface area contributed by atoms with Crippen molar-refractivity contribution in [1.82, 2.24) is 0 Å². The maximum atomic E-state index is 5.70. The number of hydrogen-bond acceptors (Lipinski definition) is 2. The van der Waals surface area contributed by atoms with Crippen LogP contribution in [0.3, 0.4) is 0 Å². The number of unbranched alkanes of at least 4 members (excludes halogenated alkanes) is 2. The van der Waals surface area contributed by atoms with Crippen LogP contribution < -0.4 is 10.6 Å². The van der Waals surface area contributed by atoms with Crippen molar-refractivity contribution in [3.05, 3.63) is 29.3 Å². The highest BCUT2D eigenvalue weighted by Crippen LogP contribution is 2.28. The van der Waals surface area contributed by atoms with Gasteiger partial charge >= 0.3 is 0 Å². The highest BCUT2D eigenvalue weighted by atomic mass is 15.1. The van der Waals surface area contributed by atoms with E-state index < -0.39 is 0 Å². The average Bonchev–Trinajstić information content (AvgIpc) is 2.38. The first-order chi connectivity index (χ1) is 8.35. The van der Waals surface area contributed by atoms with Gasteiger partial charge in [0.05, 0.1) is 0 Å². The zero-order valence-electron chi connectivity index (χ0n) is 10.9. The maximum absolute atomic E-state index is 5.70. The quantitative estimate of drug-likeness (QED) is 0.790. The number of aryl methyl sites for hydroxylation is 1. The summed E-state index contributed by atoms with van der Waals surface area (Å²) in [7, 11) is 0. The molecular weight excluding hydrogens is 208 g/mol. The molecule has 1 aromatic rings. The molecule has 0 unspecified atom stereocenters. The molecule has 0 aromatic heterocycles. The van der Waals surface area contributed by atoms with E-state index in [2.05, 4.69) is 30.0 Å². The van der Waals surface area contributed by atoms with Crippen molar-refractivity contribution in [3.63, 3.8) is 0 Å². The first-order valence-corrected chi connectivity index (χ1v) is 6.92. The fraction of sp³-hybridized carbons (Fsp3) is 0.600. The molecule has 0 aliphatic carbocycles. The molecule has 0 fully saturated rings. The molecular formula is C15H24N2. The fourth-order valence-electron chi connectivity index (χ4n) is 2.64. The molecule has 0 spiro atoms. The van der Waals surface area contributed by atoms with Crippen LogP contribution in [0.1, 0.15) is 43.7 Å². The summed E-state index contributed by atoms with van der Waals surface area (Å²) in [5, 5.41) is 0. The van der Waals surface area contributed by atoms with Gasteiger partial charge in [-0.1, -0.05) is 31.9 Å². The Bertz CT molecular complexity index is 360. The van der Waals surface area contributed by atoms with Crippen molar-refractivity contribution < 1.29 is 0 Å². The third-order valence-electron chi connectivity index (χ3n) is 3.63. The molecule has 2 rings (SSSR count). The summed E-state index contributed by atoms with van der Waals surface area (Å²) >= 11 is 0. The highest BCUT2D eigenvalue weighted by Gasteiger charge is 2.16. The van der Waals surface area contributed by atoms with Gasteiger partial charge in [0.25, 0.3) is 0 Å². The van der Waals surface area contributed by atoms with Crippen LogP contribution in [0.25, 0.3) is 0 Å². The Kier molecular flexibility index (Phi) is 4.43. The minimum atomic E-state index is 0.656. The summed E-state index contributed by atoms with van der Waals surface area (Å²) in [6.07, 6.45) is 6.45. The van der Waals surface area contributed by atoms with E-state index in [-0.39, 0.29) is 0 Å². The van der Waals surface area contributed by atoms with E-state index in [4.69, 9.17) is 5.73 Å². The van der Waals surface area contributed by atoms with Gasteiger partial charge in [0.1, 0.15) is 0 Å². The van der Waals surface area contributed by atoms with E-state index in [1.807, 2.05) is 0 Å². The summed E-state index contributed by atoms with van der Waals surface area (Å²) in [6.45, 7) is 5.35. The average molecular weight is 232 g/mol. The van der Waals surface area contributed by atoms with Crippen molar-refractivity contribution >= 4 is 5.69 Å². The molecule has 1 aliphatic heterocycles. The minimum Gasteiger partial charge on any atom is -0.371 e. The Hall–Kier alpha value is -1.02. The lowest BCUT2D eigenvalue weighted by molar-refractivity contribution is 0.637. The van der Waals surface area contributed by atoms with Crippen LogP contribution in [0.15, 0.2) is 18.2 Å². The van der Waals surface area contributed by atoms with Gasteiger partial charge in [0.2, 0.25) is 0 Å². The van der Waals surface area contributed by atoms with E-state index in [0.717, 1.165) is 0 Å². The number of anilines is 1. The number of rotatable bonds is 5. The predicted octanol–water partition coefficient (Wildman–Crippen LogP) is 3.09. The third-order valence-corrected chi connectivity index (χ3v) is 3.63. The van der Waals surface area contributed by atoms with Crippen LogP contribution in [0, 0.1) is 0 Å². The summed E-state index contributed by atoms with van der Waals surface area (Å²) in [5.74, 6) is 0. The Balaban J connectivity index is 2.08. The van der Waals surface area contributed by atoms with Gasteiger partial charge in [-0.15, -0.1) is 0 Å².